The van der Waals surface area contributed by atoms with E-state index in [1.54, 1.807) is 0 Å². The molecule has 1 aromatic carbocycles. The van der Waals surface area contributed by atoms with Gasteiger partial charge in [0.2, 0.25) is 11.0 Å². The molecular formula is C16H15Cl2NO. The zero-order valence-electron chi connectivity index (χ0n) is 11.1. The SMILES string of the molecule is CCCc1c(O)c2cccc(Cl)c2[n+]2ccccc12.[Cl-]. The highest BCUT2D eigenvalue weighted by molar-refractivity contribution is 6.34. The summed E-state index contributed by atoms with van der Waals surface area (Å²) in [5.74, 6) is 0.352. The number of aromatic nitrogens is 1. The van der Waals surface area contributed by atoms with Gasteiger partial charge in [-0.05, 0) is 24.6 Å². The van der Waals surface area contributed by atoms with E-state index in [0.717, 1.165) is 34.8 Å². The molecule has 4 heteroatoms. The molecule has 3 aromatic rings. The van der Waals surface area contributed by atoms with Crippen LogP contribution in [0.4, 0.5) is 0 Å². The molecule has 0 radical (unpaired) electrons. The van der Waals surface area contributed by atoms with Gasteiger partial charge in [-0.15, -0.1) is 0 Å². The number of nitrogens with zero attached hydrogens (tertiary/aromatic N) is 1. The van der Waals surface area contributed by atoms with Crippen molar-refractivity contribution in [2.24, 2.45) is 0 Å². The van der Waals surface area contributed by atoms with Crippen molar-refractivity contribution in [3.63, 3.8) is 0 Å². The van der Waals surface area contributed by atoms with E-state index in [0.29, 0.717) is 10.8 Å². The van der Waals surface area contributed by atoms with E-state index < -0.39 is 0 Å². The third-order valence-electron chi connectivity index (χ3n) is 3.44. The lowest BCUT2D eigenvalue weighted by Crippen LogP contribution is -3.00. The molecule has 0 aliphatic rings. The van der Waals surface area contributed by atoms with Crippen LogP contribution in [0.5, 0.6) is 5.75 Å². The summed E-state index contributed by atoms with van der Waals surface area (Å²) in [4.78, 5) is 0. The quantitative estimate of drug-likeness (QED) is 0.552. The van der Waals surface area contributed by atoms with Gasteiger partial charge >= 0.3 is 0 Å². The largest absolute Gasteiger partial charge is 1.00 e. The Balaban J connectivity index is 0.00000147. The molecule has 1 N–H and O–H groups in total. The number of pyridine rings is 2. The molecule has 104 valence electrons. The average molecular weight is 308 g/mol. The van der Waals surface area contributed by atoms with Gasteiger partial charge in [0.25, 0.3) is 0 Å². The standard InChI is InChI=1S/C16H14ClNO.ClH/c1-2-6-11-14-9-3-4-10-18(14)15-12(16(11)19)7-5-8-13(15)17;/h3-5,7-10H,2,6H2,1H3;1H. The Morgan fingerprint density at radius 3 is 2.70 bits per heavy atom. The molecule has 2 aromatic heterocycles. The molecule has 0 atom stereocenters. The molecule has 0 saturated carbocycles. The van der Waals surface area contributed by atoms with Crippen molar-refractivity contribution in [2.75, 3.05) is 0 Å². The fourth-order valence-corrected chi connectivity index (χ4v) is 2.88. The van der Waals surface area contributed by atoms with Crippen molar-refractivity contribution in [2.45, 2.75) is 19.8 Å². The van der Waals surface area contributed by atoms with Crippen LogP contribution in [0.2, 0.25) is 5.02 Å². The molecule has 0 saturated heterocycles. The second-order valence-corrected chi connectivity index (χ2v) is 5.08. The normalized spacial score (nSPS) is 10.7. The van der Waals surface area contributed by atoms with E-state index in [2.05, 4.69) is 11.3 Å². The number of para-hydroxylation sites is 1. The Morgan fingerprint density at radius 2 is 1.95 bits per heavy atom. The molecular weight excluding hydrogens is 293 g/mol. The highest BCUT2D eigenvalue weighted by Gasteiger charge is 2.21. The van der Waals surface area contributed by atoms with Gasteiger partial charge in [0.05, 0.1) is 10.9 Å². The molecule has 0 unspecified atom stereocenters. The van der Waals surface area contributed by atoms with Crippen molar-refractivity contribution in [1.82, 2.24) is 0 Å². The average Bonchev–Trinajstić information content (AvgIpc) is 2.43. The third kappa shape index (κ3) is 2.19. The predicted octanol–water partition coefficient (Wildman–Crippen LogP) is 0.894. The first-order valence-corrected chi connectivity index (χ1v) is 6.84. The van der Waals surface area contributed by atoms with Crippen LogP contribution in [-0.4, -0.2) is 5.11 Å². The van der Waals surface area contributed by atoms with Crippen molar-refractivity contribution in [3.8, 4) is 5.75 Å². The molecule has 0 aliphatic heterocycles. The molecule has 2 heterocycles. The zero-order valence-corrected chi connectivity index (χ0v) is 12.6. The smallest absolute Gasteiger partial charge is 0.240 e. The minimum atomic E-state index is 0. The van der Waals surface area contributed by atoms with Gasteiger partial charge in [-0.3, -0.25) is 0 Å². The Bertz CT molecular complexity index is 771. The van der Waals surface area contributed by atoms with Crippen LogP contribution >= 0.6 is 11.6 Å². The van der Waals surface area contributed by atoms with Crippen LogP contribution in [0.3, 0.4) is 0 Å². The minimum absolute atomic E-state index is 0. The van der Waals surface area contributed by atoms with Gasteiger partial charge in [-0.1, -0.05) is 31.0 Å². The van der Waals surface area contributed by atoms with Crippen molar-refractivity contribution >= 4 is 28.0 Å². The Labute approximate surface area is 129 Å². The summed E-state index contributed by atoms with van der Waals surface area (Å²) in [7, 11) is 0. The molecule has 2 nitrogen and oxygen atoms in total. The molecule has 0 bridgehead atoms. The van der Waals surface area contributed by atoms with E-state index in [4.69, 9.17) is 11.6 Å². The lowest BCUT2D eigenvalue weighted by molar-refractivity contribution is -0.482. The number of aryl methyl sites for hydroxylation is 1. The van der Waals surface area contributed by atoms with Gasteiger partial charge < -0.3 is 17.5 Å². The number of rotatable bonds is 2. The van der Waals surface area contributed by atoms with Gasteiger partial charge in [0, 0.05) is 12.1 Å². The molecule has 0 fully saturated rings. The van der Waals surface area contributed by atoms with Crippen molar-refractivity contribution in [3.05, 3.63) is 53.2 Å². The molecule has 0 aliphatic carbocycles. The summed E-state index contributed by atoms with van der Waals surface area (Å²) < 4.78 is 2.06. The predicted molar refractivity (Wildman–Crippen MR) is 77.8 cm³/mol. The first-order valence-electron chi connectivity index (χ1n) is 6.46. The van der Waals surface area contributed by atoms with E-state index in [1.807, 2.05) is 42.6 Å². The van der Waals surface area contributed by atoms with Gasteiger partial charge in [-0.25, -0.2) is 0 Å². The fourth-order valence-electron chi connectivity index (χ4n) is 2.62. The maximum atomic E-state index is 10.5. The number of aromatic hydroxyl groups is 1. The summed E-state index contributed by atoms with van der Waals surface area (Å²) >= 11 is 6.31. The Morgan fingerprint density at radius 1 is 1.15 bits per heavy atom. The number of halogens is 2. The Hall–Kier alpha value is -1.51. The van der Waals surface area contributed by atoms with Crippen LogP contribution in [0, 0.1) is 0 Å². The van der Waals surface area contributed by atoms with E-state index in [9.17, 15) is 5.11 Å². The summed E-state index contributed by atoms with van der Waals surface area (Å²) in [6, 6.07) is 11.6. The van der Waals surface area contributed by atoms with Gasteiger partial charge in [0.1, 0.15) is 10.8 Å². The van der Waals surface area contributed by atoms with Crippen LogP contribution in [0.15, 0.2) is 42.6 Å². The van der Waals surface area contributed by atoms with Crippen LogP contribution in [-0.2, 0) is 6.42 Å². The third-order valence-corrected chi connectivity index (χ3v) is 3.74. The second kappa shape index (κ2) is 5.86. The van der Waals surface area contributed by atoms with Gasteiger partial charge in [0.15, 0.2) is 6.20 Å². The summed E-state index contributed by atoms with van der Waals surface area (Å²) in [6.45, 7) is 2.11. The number of hydrogen-bond acceptors (Lipinski definition) is 1. The van der Waals surface area contributed by atoms with Crippen molar-refractivity contribution in [1.29, 1.82) is 0 Å². The topological polar surface area (TPSA) is 24.3 Å². The maximum absolute atomic E-state index is 10.5. The first-order chi connectivity index (χ1) is 9.24. The Kier molecular flexibility index (Phi) is 4.36. The lowest BCUT2D eigenvalue weighted by Gasteiger charge is -2.08. The van der Waals surface area contributed by atoms with E-state index in [1.165, 1.54) is 0 Å². The lowest BCUT2D eigenvalue weighted by atomic mass is 10.0. The molecule has 3 rings (SSSR count). The number of benzene rings is 1. The molecule has 0 amide bonds. The van der Waals surface area contributed by atoms with Crippen LogP contribution < -0.4 is 16.8 Å². The number of hydrogen-bond donors (Lipinski definition) is 1. The molecule has 0 spiro atoms. The summed E-state index contributed by atoms with van der Waals surface area (Å²) in [5, 5.41) is 12.0. The van der Waals surface area contributed by atoms with Crippen LogP contribution in [0.1, 0.15) is 18.9 Å². The maximum Gasteiger partial charge on any atom is 0.240 e. The minimum Gasteiger partial charge on any atom is -1.00 e. The first kappa shape index (κ1) is 14.9. The highest BCUT2D eigenvalue weighted by atomic mass is 35.5. The monoisotopic (exact) mass is 307 g/mol. The van der Waals surface area contributed by atoms with Crippen LogP contribution in [0.25, 0.3) is 16.4 Å². The summed E-state index contributed by atoms with van der Waals surface area (Å²) in [6.07, 6.45) is 3.83. The highest BCUT2D eigenvalue weighted by Crippen LogP contribution is 2.33. The van der Waals surface area contributed by atoms with Crippen molar-refractivity contribution < 1.29 is 21.9 Å². The van der Waals surface area contributed by atoms with E-state index in [-0.39, 0.29) is 12.4 Å². The molecule has 20 heavy (non-hydrogen) atoms. The zero-order chi connectivity index (χ0) is 13.4. The number of fused-ring (bicyclic) bond motifs is 3. The summed E-state index contributed by atoms with van der Waals surface area (Å²) in [5.41, 5.74) is 2.86. The second-order valence-electron chi connectivity index (χ2n) is 4.67. The fraction of sp³-hybridized carbons (Fsp3) is 0.188. The van der Waals surface area contributed by atoms with Gasteiger partial charge in [-0.2, -0.15) is 4.40 Å². The van der Waals surface area contributed by atoms with E-state index >= 15 is 0 Å².